The van der Waals surface area contributed by atoms with Gasteiger partial charge in [-0.1, -0.05) is 6.58 Å². The first-order chi connectivity index (χ1) is 6.13. The highest BCUT2D eigenvalue weighted by molar-refractivity contribution is 5.77. The van der Waals surface area contributed by atoms with Gasteiger partial charge in [-0.2, -0.15) is 0 Å². The Morgan fingerprint density at radius 3 is 2.38 bits per heavy atom. The molecule has 3 nitrogen and oxygen atoms in total. The molecule has 0 aromatic heterocycles. The van der Waals surface area contributed by atoms with Crippen LogP contribution in [0.15, 0.2) is 36.3 Å². The van der Waals surface area contributed by atoms with E-state index in [2.05, 4.69) is 6.58 Å². The summed E-state index contributed by atoms with van der Waals surface area (Å²) in [5, 5.41) is 0. The van der Waals surface area contributed by atoms with Gasteiger partial charge in [0.2, 0.25) is 0 Å². The zero-order valence-electron chi connectivity index (χ0n) is 8.28. The first kappa shape index (κ1) is 11.5. The molecule has 0 fully saturated rings. The fraction of sp³-hybridized carbons (Fsp3) is 0.300. The SMILES string of the molecule is C=C/C(=C\C(C=O)=C\N(C)C)OC. The molecule has 0 atom stereocenters. The van der Waals surface area contributed by atoms with E-state index in [1.165, 1.54) is 7.11 Å². The zero-order chi connectivity index (χ0) is 10.3. The topological polar surface area (TPSA) is 29.5 Å². The van der Waals surface area contributed by atoms with Gasteiger partial charge >= 0.3 is 0 Å². The average Bonchev–Trinajstić information content (AvgIpc) is 2.11. The average molecular weight is 181 g/mol. The molecule has 0 rings (SSSR count). The Morgan fingerprint density at radius 1 is 1.46 bits per heavy atom. The second-order valence-corrected chi connectivity index (χ2v) is 2.67. The van der Waals surface area contributed by atoms with Crippen LogP contribution in [0.3, 0.4) is 0 Å². The van der Waals surface area contributed by atoms with Crippen LogP contribution in [-0.4, -0.2) is 32.4 Å². The Hall–Kier alpha value is -1.51. The summed E-state index contributed by atoms with van der Waals surface area (Å²) in [6.45, 7) is 3.55. The van der Waals surface area contributed by atoms with Crippen LogP contribution in [0.5, 0.6) is 0 Å². The van der Waals surface area contributed by atoms with E-state index < -0.39 is 0 Å². The molecule has 3 heteroatoms. The summed E-state index contributed by atoms with van der Waals surface area (Å²) in [5.41, 5.74) is 0.543. The standard InChI is InChI=1S/C10H15NO2/c1-5-10(13-4)6-9(8-12)7-11(2)3/h5-8H,1H2,2-4H3/b9-7-,10-6+. The molecule has 0 spiro atoms. The van der Waals surface area contributed by atoms with Crippen LogP contribution >= 0.6 is 0 Å². The molecule has 0 amide bonds. The first-order valence-electron chi connectivity index (χ1n) is 3.85. The zero-order valence-corrected chi connectivity index (χ0v) is 8.28. The van der Waals surface area contributed by atoms with Crippen LogP contribution in [0, 0.1) is 0 Å². The van der Waals surface area contributed by atoms with E-state index in [0.29, 0.717) is 11.3 Å². The lowest BCUT2D eigenvalue weighted by Crippen LogP contribution is -2.03. The van der Waals surface area contributed by atoms with Crippen LogP contribution in [0.4, 0.5) is 0 Å². The summed E-state index contributed by atoms with van der Waals surface area (Å²) in [4.78, 5) is 12.4. The molecular weight excluding hydrogens is 166 g/mol. The van der Waals surface area contributed by atoms with E-state index in [1.54, 1.807) is 23.3 Å². The Kier molecular flexibility index (Phi) is 5.35. The lowest BCUT2D eigenvalue weighted by Gasteiger charge is -2.05. The van der Waals surface area contributed by atoms with Gasteiger partial charge in [0.25, 0.3) is 0 Å². The van der Waals surface area contributed by atoms with Crippen LogP contribution < -0.4 is 0 Å². The highest BCUT2D eigenvalue weighted by Gasteiger charge is 1.94. The van der Waals surface area contributed by atoms with E-state index in [9.17, 15) is 4.79 Å². The smallest absolute Gasteiger partial charge is 0.151 e. The van der Waals surface area contributed by atoms with Crippen molar-refractivity contribution in [1.29, 1.82) is 0 Å². The monoisotopic (exact) mass is 181 g/mol. The molecule has 0 unspecified atom stereocenters. The number of rotatable bonds is 5. The summed E-state index contributed by atoms with van der Waals surface area (Å²) < 4.78 is 4.94. The van der Waals surface area contributed by atoms with Gasteiger partial charge in [-0.05, 0) is 12.2 Å². The molecule has 0 aromatic carbocycles. The Labute approximate surface area is 79.0 Å². The Bertz CT molecular complexity index is 239. The van der Waals surface area contributed by atoms with Crippen LogP contribution in [0.1, 0.15) is 0 Å². The minimum Gasteiger partial charge on any atom is -0.497 e. The fourth-order valence-corrected chi connectivity index (χ4v) is 0.765. The summed E-state index contributed by atoms with van der Waals surface area (Å²) in [5.74, 6) is 0.570. The molecular formula is C10H15NO2. The third-order valence-corrected chi connectivity index (χ3v) is 1.29. The molecule has 0 aliphatic carbocycles. The highest BCUT2D eigenvalue weighted by atomic mass is 16.5. The van der Waals surface area contributed by atoms with E-state index in [1.807, 2.05) is 14.1 Å². The maximum Gasteiger partial charge on any atom is 0.151 e. The van der Waals surface area contributed by atoms with Crippen LogP contribution in [-0.2, 0) is 9.53 Å². The van der Waals surface area contributed by atoms with Gasteiger partial charge in [-0.15, -0.1) is 0 Å². The van der Waals surface area contributed by atoms with E-state index in [-0.39, 0.29) is 0 Å². The third kappa shape index (κ3) is 4.85. The normalized spacial score (nSPS) is 12.2. The summed E-state index contributed by atoms with van der Waals surface area (Å²) >= 11 is 0. The highest BCUT2D eigenvalue weighted by Crippen LogP contribution is 2.02. The summed E-state index contributed by atoms with van der Waals surface area (Å²) in [6.07, 6.45) is 5.64. The van der Waals surface area contributed by atoms with Crippen molar-refractivity contribution in [3.05, 3.63) is 36.3 Å². The maximum atomic E-state index is 10.6. The number of ether oxygens (including phenoxy) is 1. The van der Waals surface area contributed by atoms with E-state index in [4.69, 9.17) is 4.74 Å². The van der Waals surface area contributed by atoms with Gasteiger partial charge in [0, 0.05) is 25.9 Å². The van der Waals surface area contributed by atoms with Gasteiger partial charge in [0.1, 0.15) is 5.76 Å². The molecule has 0 aliphatic rings. The molecule has 0 bridgehead atoms. The van der Waals surface area contributed by atoms with Crippen molar-refractivity contribution in [1.82, 2.24) is 4.90 Å². The number of methoxy groups -OCH3 is 1. The number of hydrogen-bond donors (Lipinski definition) is 0. The summed E-state index contributed by atoms with van der Waals surface area (Å²) in [7, 11) is 5.22. The molecule has 13 heavy (non-hydrogen) atoms. The van der Waals surface area contributed by atoms with Crippen LogP contribution in [0.25, 0.3) is 0 Å². The number of carbonyl (C=O) groups excluding carboxylic acids is 1. The lowest BCUT2D eigenvalue weighted by molar-refractivity contribution is -0.104. The van der Waals surface area contributed by atoms with Gasteiger partial charge < -0.3 is 9.64 Å². The van der Waals surface area contributed by atoms with Crippen molar-refractivity contribution in [3.63, 3.8) is 0 Å². The molecule has 0 aliphatic heterocycles. The first-order valence-corrected chi connectivity index (χ1v) is 3.85. The minimum atomic E-state index is 0.543. The molecule has 0 aromatic rings. The van der Waals surface area contributed by atoms with Crippen LogP contribution in [0.2, 0.25) is 0 Å². The number of hydrogen-bond acceptors (Lipinski definition) is 3. The van der Waals surface area contributed by atoms with Crippen molar-refractivity contribution in [3.8, 4) is 0 Å². The van der Waals surface area contributed by atoms with Gasteiger partial charge in [0.15, 0.2) is 6.29 Å². The fourth-order valence-electron chi connectivity index (χ4n) is 0.765. The number of carbonyl (C=O) groups is 1. The second kappa shape index (κ2) is 6.06. The minimum absolute atomic E-state index is 0.543. The van der Waals surface area contributed by atoms with Gasteiger partial charge in [0.05, 0.1) is 7.11 Å². The maximum absolute atomic E-state index is 10.6. The molecule has 0 radical (unpaired) electrons. The van der Waals surface area contributed by atoms with Crippen molar-refractivity contribution in [2.45, 2.75) is 0 Å². The number of nitrogens with zero attached hydrogens (tertiary/aromatic N) is 1. The van der Waals surface area contributed by atoms with E-state index >= 15 is 0 Å². The third-order valence-electron chi connectivity index (χ3n) is 1.29. The molecule has 72 valence electrons. The summed E-state index contributed by atoms with van der Waals surface area (Å²) in [6, 6.07) is 0. The van der Waals surface area contributed by atoms with Crippen molar-refractivity contribution < 1.29 is 9.53 Å². The lowest BCUT2D eigenvalue weighted by atomic mass is 10.2. The largest absolute Gasteiger partial charge is 0.497 e. The molecule has 0 saturated heterocycles. The predicted molar refractivity (Wildman–Crippen MR) is 53.1 cm³/mol. The molecule has 0 saturated carbocycles. The Morgan fingerprint density at radius 2 is 2.08 bits per heavy atom. The quantitative estimate of drug-likeness (QED) is 0.277. The van der Waals surface area contributed by atoms with E-state index in [0.717, 1.165) is 6.29 Å². The molecule has 0 N–H and O–H groups in total. The van der Waals surface area contributed by atoms with Crippen molar-refractivity contribution >= 4 is 6.29 Å². The number of aldehydes is 1. The number of allylic oxidation sites excluding steroid dienone is 3. The predicted octanol–water partition coefficient (Wildman–Crippen LogP) is 1.35. The molecule has 0 heterocycles. The van der Waals surface area contributed by atoms with Crippen molar-refractivity contribution in [2.75, 3.05) is 21.2 Å². The second-order valence-electron chi connectivity index (χ2n) is 2.67. The van der Waals surface area contributed by atoms with Gasteiger partial charge in [-0.3, -0.25) is 4.79 Å². The Balaban J connectivity index is 4.69. The van der Waals surface area contributed by atoms with Crippen molar-refractivity contribution in [2.24, 2.45) is 0 Å². The van der Waals surface area contributed by atoms with Gasteiger partial charge in [-0.25, -0.2) is 0 Å².